The van der Waals surface area contributed by atoms with Gasteiger partial charge in [-0.05, 0) is 49.7 Å². The number of aryl methyl sites for hydroxylation is 2. The number of amides is 2. The van der Waals surface area contributed by atoms with Crippen LogP contribution >= 0.6 is 0 Å². The Morgan fingerprint density at radius 3 is 2.57 bits per heavy atom. The molecule has 144 valence electrons. The minimum Gasteiger partial charge on any atom is -0.469 e. The number of benzene rings is 1. The molecule has 0 saturated heterocycles. The van der Waals surface area contributed by atoms with Crippen LogP contribution in [0.3, 0.4) is 0 Å². The van der Waals surface area contributed by atoms with E-state index in [0.717, 1.165) is 24.2 Å². The fourth-order valence-electron chi connectivity index (χ4n) is 2.67. The lowest BCUT2D eigenvalue weighted by molar-refractivity contribution is -0.117. The summed E-state index contributed by atoms with van der Waals surface area (Å²) < 4.78 is 10.6. The Hall–Kier alpha value is -3.54. The number of furan rings is 2. The predicted molar refractivity (Wildman–Crippen MR) is 105 cm³/mol. The van der Waals surface area contributed by atoms with E-state index in [4.69, 9.17) is 8.83 Å². The quantitative estimate of drug-likeness (QED) is 0.462. The first-order valence-corrected chi connectivity index (χ1v) is 9.05. The third-order valence-corrected chi connectivity index (χ3v) is 4.07. The van der Waals surface area contributed by atoms with Crippen molar-refractivity contribution in [1.29, 1.82) is 0 Å². The molecule has 0 spiro atoms. The van der Waals surface area contributed by atoms with Crippen LogP contribution in [0.5, 0.6) is 0 Å². The van der Waals surface area contributed by atoms with Crippen LogP contribution in [0.4, 0.5) is 0 Å². The van der Waals surface area contributed by atoms with E-state index in [-0.39, 0.29) is 17.5 Å². The van der Waals surface area contributed by atoms with Crippen LogP contribution < -0.4 is 10.6 Å². The summed E-state index contributed by atoms with van der Waals surface area (Å²) in [4.78, 5) is 25.2. The van der Waals surface area contributed by atoms with Crippen LogP contribution in [0, 0.1) is 6.92 Å². The molecule has 1 aromatic carbocycles. The molecule has 0 bridgehead atoms. The Labute approximate surface area is 163 Å². The Bertz CT molecular complexity index is 941. The highest BCUT2D eigenvalue weighted by Gasteiger charge is 2.15. The molecule has 0 aliphatic rings. The fourth-order valence-corrected chi connectivity index (χ4v) is 2.67. The average Bonchev–Trinajstić information content (AvgIpc) is 3.38. The van der Waals surface area contributed by atoms with Gasteiger partial charge in [-0.1, -0.05) is 17.7 Å². The van der Waals surface area contributed by atoms with Crippen molar-refractivity contribution in [3.05, 3.63) is 89.4 Å². The van der Waals surface area contributed by atoms with Crippen LogP contribution in [-0.4, -0.2) is 18.4 Å². The monoisotopic (exact) mass is 378 g/mol. The van der Waals surface area contributed by atoms with Crippen molar-refractivity contribution in [2.75, 3.05) is 6.54 Å². The van der Waals surface area contributed by atoms with Gasteiger partial charge in [-0.2, -0.15) is 0 Å². The topological polar surface area (TPSA) is 84.5 Å². The lowest BCUT2D eigenvalue weighted by Crippen LogP contribution is -2.35. The second kappa shape index (κ2) is 9.41. The molecule has 0 saturated carbocycles. The Morgan fingerprint density at radius 2 is 1.86 bits per heavy atom. The molecule has 2 aromatic heterocycles. The zero-order valence-corrected chi connectivity index (χ0v) is 15.6. The lowest BCUT2D eigenvalue weighted by atomic mass is 10.1. The Morgan fingerprint density at radius 1 is 1.04 bits per heavy atom. The summed E-state index contributed by atoms with van der Waals surface area (Å²) in [6.45, 7) is 2.36. The molecule has 2 N–H and O–H groups in total. The molecule has 6 heteroatoms. The smallest absolute Gasteiger partial charge is 0.267 e. The summed E-state index contributed by atoms with van der Waals surface area (Å²) >= 11 is 0. The highest BCUT2D eigenvalue weighted by Crippen LogP contribution is 2.09. The maximum atomic E-state index is 12.6. The van der Waals surface area contributed by atoms with Gasteiger partial charge in [0, 0.05) is 24.6 Å². The molecule has 0 radical (unpaired) electrons. The second-order valence-electron chi connectivity index (χ2n) is 6.34. The first kappa shape index (κ1) is 19.2. The highest BCUT2D eigenvalue weighted by atomic mass is 16.3. The Balaban J connectivity index is 1.64. The molecule has 0 unspecified atom stereocenters. The number of rotatable bonds is 8. The van der Waals surface area contributed by atoms with Crippen molar-refractivity contribution in [2.24, 2.45) is 0 Å². The van der Waals surface area contributed by atoms with Gasteiger partial charge >= 0.3 is 0 Å². The second-order valence-corrected chi connectivity index (χ2v) is 6.34. The van der Waals surface area contributed by atoms with Crippen LogP contribution in [-0.2, 0) is 11.2 Å². The van der Waals surface area contributed by atoms with E-state index in [1.807, 2.05) is 25.1 Å². The first-order chi connectivity index (χ1) is 13.6. The molecule has 3 rings (SSSR count). The van der Waals surface area contributed by atoms with Gasteiger partial charge in [0.2, 0.25) is 0 Å². The number of hydrogen-bond acceptors (Lipinski definition) is 4. The molecule has 0 atom stereocenters. The number of nitrogens with one attached hydrogen (secondary N) is 2. The van der Waals surface area contributed by atoms with Gasteiger partial charge in [-0.15, -0.1) is 0 Å². The van der Waals surface area contributed by atoms with E-state index >= 15 is 0 Å². The molecule has 3 aromatic rings. The summed E-state index contributed by atoms with van der Waals surface area (Å²) in [5.74, 6) is 0.614. The standard InChI is InChI=1S/C22H22N2O4/c1-16-6-2-7-17(14-16)21(25)24-20(15-19-10-5-13-28-19)22(26)23-11-3-8-18-9-4-12-27-18/h2,4-7,9-10,12-15H,3,8,11H2,1H3,(H,23,26)(H,24,25)/b20-15-. The van der Waals surface area contributed by atoms with Gasteiger partial charge in [0.25, 0.3) is 11.8 Å². The van der Waals surface area contributed by atoms with E-state index in [9.17, 15) is 9.59 Å². The summed E-state index contributed by atoms with van der Waals surface area (Å²) in [5, 5.41) is 5.51. The van der Waals surface area contributed by atoms with Crippen molar-refractivity contribution < 1.29 is 18.4 Å². The normalized spacial score (nSPS) is 11.2. The zero-order chi connectivity index (χ0) is 19.8. The summed E-state index contributed by atoms with van der Waals surface area (Å²) in [7, 11) is 0. The molecule has 2 heterocycles. The maximum absolute atomic E-state index is 12.6. The van der Waals surface area contributed by atoms with Crippen LogP contribution in [0.2, 0.25) is 0 Å². The molecular formula is C22H22N2O4. The molecule has 0 fully saturated rings. The average molecular weight is 378 g/mol. The van der Waals surface area contributed by atoms with Gasteiger partial charge < -0.3 is 19.5 Å². The molecule has 0 aliphatic carbocycles. The largest absolute Gasteiger partial charge is 0.469 e. The molecule has 2 amide bonds. The van der Waals surface area contributed by atoms with E-state index in [2.05, 4.69) is 10.6 Å². The molecular weight excluding hydrogens is 356 g/mol. The maximum Gasteiger partial charge on any atom is 0.267 e. The third kappa shape index (κ3) is 5.48. The van der Waals surface area contributed by atoms with E-state index in [1.54, 1.807) is 36.6 Å². The van der Waals surface area contributed by atoms with Gasteiger partial charge in [0.1, 0.15) is 17.2 Å². The molecule has 6 nitrogen and oxygen atoms in total. The lowest BCUT2D eigenvalue weighted by Gasteiger charge is -2.11. The van der Waals surface area contributed by atoms with Crippen molar-refractivity contribution >= 4 is 17.9 Å². The zero-order valence-electron chi connectivity index (χ0n) is 15.6. The van der Waals surface area contributed by atoms with Crippen LogP contribution in [0.15, 0.2) is 75.6 Å². The van der Waals surface area contributed by atoms with Gasteiger partial charge in [-0.3, -0.25) is 9.59 Å². The van der Waals surface area contributed by atoms with E-state index in [0.29, 0.717) is 17.9 Å². The van der Waals surface area contributed by atoms with E-state index < -0.39 is 0 Å². The SMILES string of the molecule is Cc1cccc(C(=O)N/C(=C\c2ccco2)C(=O)NCCCc2ccco2)c1. The molecule has 0 aliphatic heterocycles. The van der Waals surface area contributed by atoms with Gasteiger partial charge in [0.05, 0.1) is 12.5 Å². The minimum absolute atomic E-state index is 0.124. The number of carbonyl (C=O) groups is 2. The van der Waals surface area contributed by atoms with Crippen molar-refractivity contribution in [2.45, 2.75) is 19.8 Å². The fraction of sp³-hybridized carbons (Fsp3) is 0.182. The van der Waals surface area contributed by atoms with Gasteiger partial charge in [-0.25, -0.2) is 0 Å². The van der Waals surface area contributed by atoms with Crippen molar-refractivity contribution in [1.82, 2.24) is 10.6 Å². The number of carbonyl (C=O) groups excluding carboxylic acids is 2. The van der Waals surface area contributed by atoms with Crippen LogP contribution in [0.25, 0.3) is 6.08 Å². The highest BCUT2D eigenvalue weighted by molar-refractivity contribution is 6.05. The summed E-state index contributed by atoms with van der Waals surface area (Å²) in [6, 6.07) is 14.3. The minimum atomic E-state index is -0.378. The summed E-state index contributed by atoms with van der Waals surface area (Å²) in [6.07, 6.45) is 6.08. The molecule has 28 heavy (non-hydrogen) atoms. The van der Waals surface area contributed by atoms with Gasteiger partial charge in [0.15, 0.2) is 0 Å². The van der Waals surface area contributed by atoms with Crippen molar-refractivity contribution in [3.63, 3.8) is 0 Å². The number of hydrogen-bond donors (Lipinski definition) is 2. The van der Waals surface area contributed by atoms with Crippen molar-refractivity contribution in [3.8, 4) is 0 Å². The summed E-state index contributed by atoms with van der Waals surface area (Å²) in [5.41, 5.74) is 1.57. The van der Waals surface area contributed by atoms with E-state index in [1.165, 1.54) is 12.3 Å². The first-order valence-electron chi connectivity index (χ1n) is 9.05. The third-order valence-electron chi connectivity index (χ3n) is 4.07. The predicted octanol–water partition coefficient (Wildman–Crippen LogP) is 3.70. The van der Waals surface area contributed by atoms with Crippen LogP contribution in [0.1, 0.15) is 33.9 Å². The Kier molecular flexibility index (Phi) is 6.46.